The van der Waals surface area contributed by atoms with Crippen molar-refractivity contribution >= 4 is 43.8 Å². The second-order valence-corrected chi connectivity index (χ2v) is 7.46. The van der Waals surface area contributed by atoms with Crippen molar-refractivity contribution in [2.45, 2.75) is 18.4 Å². The topological polar surface area (TPSA) is 105 Å². The SMILES string of the molecule is CC(=O)NCc1ccc(S(=O)(=O)NC(=O)/C=C/c2ccc(Br)o2)cc1. The number of amides is 2. The minimum absolute atomic E-state index is 0.0541. The van der Waals surface area contributed by atoms with E-state index in [1.807, 2.05) is 4.72 Å². The van der Waals surface area contributed by atoms with Crippen LogP contribution in [0.15, 0.2) is 56.5 Å². The van der Waals surface area contributed by atoms with Gasteiger partial charge in [-0.3, -0.25) is 9.59 Å². The van der Waals surface area contributed by atoms with Gasteiger partial charge in [0.1, 0.15) is 5.76 Å². The molecule has 0 aliphatic carbocycles. The van der Waals surface area contributed by atoms with Crippen LogP contribution < -0.4 is 10.0 Å². The smallest absolute Gasteiger partial charge is 0.264 e. The Bertz CT molecular complexity index is 901. The molecule has 9 heteroatoms. The predicted molar refractivity (Wildman–Crippen MR) is 94.7 cm³/mol. The van der Waals surface area contributed by atoms with E-state index in [1.165, 1.54) is 25.1 Å². The van der Waals surface area contributed by atoms with Crippen molar-refractivity contribution in [3.63, 3.8) is 0 Å². The second kappa shape index (κ2) is 8.13. The minimum Gasteiger partial charge on any atom is -0.450 e. The third kappa shape index (κ3) is 5.87. The number of nitrogens with one attached hydrogen (secondary N) is 2. The Labute approximate surface area is 153 Å². The Kier molecular flexibility index (Phi) is 6.16. The highest BCUT2D eigenvalue weighted by Crippen LogP contribution is 2.15. The molecule has 2 N–H and O–H groups in total. The van der Waals surface area contributed by atoms with Crippen LogP contribution in [0, 0.1) is 0 Å². The fourth-order valence-corrected chi connectivity index (χ4v) is 3.08. The molecule has 25 heavy (non-hydrogen) atoms. The number of sulfonamides is 1. The Morgan fingerprint density at radius 3 is 2.40 bits per heavy atom. The first kappa shape index (κ1) is 18.9. The van der Waals surface area contributed by atoms with E-state index < -0.39 is 15.9 Å². The van der Waals surface area contributed by atoms with Crippen LogP contribution in [0.2, 0.25) is 0 Å². The molecule has 2 rings (SSSR count). The van der Waals surface area contributed by atoms with Crippen molar-refractivity contribution in [2.75, 3.05) is 0 Å². The van der Waals surface area contributed by atoms with E-state index in [-0.39, 0.29) is 10.8 Å². The summed E-state index contributed by atoms with van der Waals surface area (Å²) in [6, 6.07) is 9.11. The molecule has 1 heterocycles. The zero-order valence-corrected chi connectivity index (χ0v) is 15.6. The normalized spacial score (nSPS) is 11.4. The lowest BCUT2D eigenvalue weighted by molar-refractivity contribution is -0.119. The quantitative estimate of drug-likeness (QED) is 0.688. The highest BCUT2D eigenvalue weighted by atomic mass is 79.9. The van der Waals surface area contributed by atoms with Gasteiger partial charge >= 0.3 is 0 Å². The van der Waals surface area contributed by atoms with Crippen molar-refractivity contribution in [2.24, 2.45) is 0 Å². The van der Waals surface area contributed by atoms with Crippen LogP contribution in [-0.2, 0) is 26.2 Å². The molecule has 0 saturated carbocycles. The lowest BCUT2D eigenvalue weighted by Crippen LogP contribution is -2.29. The first-order valence-electron chi connectivity index (χ1n) is 7.10. The van der Waals surface area contributed by atoms with Crippen LogP contribution in [-0.4, -0.2) is 20.2 Å². The van der Waals surface area contributed by atoms with E-state index in [1.54, 1.807) is 24.3 Å². The summed E-state index contributed by atoms with van der Waals surface area (Å²) in [5.74, 6) is -0.573. The second-order valence-electron chi connectivity index (χ2n) is 5.00. The maximum absolute atomic E-state index is 12.2. The molecule has 1 aromatic heterocycles. The third-order valence-electron chi connectivity index (χ3n) is 3.00. The molecule has 0 saturated heterocycles. The fourth-order valence-electron chi connectivity index (χ4n) is 1.81. The molecule has 7 nitrogen and oxygen atoms in total. The first-order valence-corrected chi connectivity index (χ1v) is 9.37. The van der Waals surface area contributed by atoms with Crippen LogP contribution in [0.25, 0.3) is 6.08 Å². The number of hydrogen-bond acceptors (Lipinski definition) is 5. The summed E-state index contributed by atoms with van der Waals surface area (Å²) < 4.78 is 32.0. The summed E-state index contributed by atoms with van der Waals surface area (Å²) in [4.78, 5) is 22.6. The zero-order chi connectivity index (χ0) is 18.4. The lowest BCUT2D eigenvalue weighted by atomic mass is 10.2. The van der Waals surface area contributed by atoms with Gasteiger partial charge < -0.3 is 9.73 Å². The van der Waals surface area contributed by atoms with Gasteiger partial charge in [-0.2, -0.15) is 0 Å². The summed E-state index contributed by atoms with van der Waals surface area (Å²) in [7, 11) is -3.98. The Morgan fingerprint density at radius 1 is 1.16 bits per heavy atom. The molecule has 2 aromatic rings. The summed E-state index contributed by atoms with van der Waals surface area (Å²) in [6.45, 7) is 1.69. The number of rotatable bonds is 6. The van der Waals surface area contributed by atoms with Gasteiger partial charge in [-0.15, -0.1) is 0 Å². The van der Waals surface area contributed by atoms with E-state index in [2.05, 4.69) is 21.2 Å². The van der Waals surface area contributed by atoms with E-state index in [9.17, 15) is 18.0 Å². The highest BCUT2D eigenvalue weighted by molar-refractivity contribution is 9.10. The summed E-state index contributed by atoms with van der Waals surface area (Å²) in [5, 5.41) is 2.61. The number of hydrogen-bond donors (Lipinski definition) is 2. The maximum atomic E-state index is 12.2. The number of carbonyl (C=O) groups excluding carboxylic acids is 2. The summed E-state index contributed by atoms with van der Waals surface area (Å²) in [6.07, 6.45) is 2.42. The molecular formula is C16H15BrN2O5S. The van der Waals surface area contributed by atoms with Gasteiger partial charge in [0.2, 0.25) is 5.91 Å². The van der Waals surface area contributed by atoms with E-state index in [0.29, 0.717) is 17.0 Å². The predicted octanol–water partition coefficient (Wildman–Crippen LogP) is 2.20. The molecule has 0 aliphatic rings. The van der Waals surface area contributed by atoms with Crippen LogP contribution in [0.1, 0.15) is 18.2 Å². The van der Waals surface area contributed by atoms with Crippen molar-refractivity contribution < 1.29 is 22.4 Å². The van der Waals surface area contributed by atoms with Gasteiger partial charge in [0.05, 0.1) is 4.90 Å². The summed E-state index contributed by atoms with van der Waals surface area (Å²) in [5.41, 5.74) is 0.740. The Balaban J connectivity index is 2.01. The van der Waals surface area contributed by atoms with Gasteiger partial charge in [-0.25, -0.2) is 13.1 Å². The Morgan fingerprint density at radius 2 is 1.84 bits per heavy atom. The van der Waals surface area contributed by atoms with Crippen LogP contribution >= 0.6 is 15.9 Å². The molecule has 1 aromatic carbocycles. The molecule has 2 amide bonds. The number of furan rings is 1. The average Bonchev–Trinajstić information content (AvgIpc) is 2.96. The molecule has 0 atom stereocenters. The van der Waals surface area contributed by atoms with Gasteiger partial charge in [0.15, 0.2) is 4.67 Å². The van der Waals surface area contributed by atoms with Gasteiger partial charge in [0, 0.05) is 19.5 Å². The largest absolute Gasteiger partial charge is 0.450 e. The van der Waals surface area contributed by atoms with Gasteiger partial charge in [-0.1, -0.05) is 12.1 Å². The van der Waals surface area contributed by atoms with E-state index >= 15 is 0 Å². The maximum Gasteiger partial charge on any atom is 0.264 e. The third-order valence-corrected chi connectivity index (χ3v) is 4.79. The van der Waals surface area contributed by atoms with Crippen LogP contribution in [0.4, 0.5) is 0 Å². The number of halogens is 1. The van der Waals surface area contributed by atoms with Crippen molar-refractivity contribution in [1.82, 2.24) is 10.0 Å². The average molecular weight is 427 g/mol. The number of benzene rings is 1. The monoisotopic (exact) mass is 426 g/mol. The molecule has 132 valence electrons. The van der Waals surface area contributed by atoms with E-state index in [4.69, 9.17) is 4.42 Å². The molecule has 0 radical (unpaired) electrons. The molecular weight excluding hydrogens is 412 g/mol. The Hall–Kier alpha value is -2.39. The first-order chi connectivity index (χ1) is 11.8. The van der Waals surface area contributed by atoms with Gasteiger partial charge in [-0.05, 0) is 51.8 Å². The zero-order valence-electron chi connectivity index (χ0n) is 13.2. The molecule has 0 fully saturated rings. The van der Waals surface area contributed by atoms with Crippen molar-refractivity contribution in [1.29, 1.82) is 0 Å². The summed E-state index contributed by atoms with van der Waals surface area (Å²) >= 11 is 3.12. The molecule has 0 unspecified atom stereocenters. The molecule has 0 bridgehead atoms. The molecule has 0 aliphatic heterocycles. The van der Waals surface area contributed by atoms with Crippen molar-refractivity contribution in [3.8, 4) is 0 Å². The number of carbonyl (C=O) groups is 2. The van der Waals surface area contributed by atoms with E-state index in [0.717, 1.165) is 11.6 Å². The fraction of sp³-hybridized carbons (Fsp3) is 0.125. The minimum atomic E-state index is -3.98. The van der Waals surface area contributed by atoms with Gasteiger partial charge in [0.25, 0.3) is 15.9 Å². The standard InChI is InChI=1S/C16H15BrN2O5S/c1-11(20)18-10-12-2-6-14(7-3-12)25(22,23)19-16(21)9-5-13-4-8-15(17)24-13/h2-9H,10H2,1H3,(H,18,20)(H,19,21)/b9-5+. The highest BCUT2D eigenvalue weighted by Gasteiger charge is 2.16. The van der Waals surface area contributed by atoms with Crippen molar-refractivity contribution in [3.05, 3.63) is 58.5 Å². The van der Waals surface area contributed by atoms with Crippen LogP contribution in [0.5, 0.6) is 0 Å². The van der Waals surface area contributed by atoms with Crippen LogP contribution in [0.3, 0.4) is 0 Å². The molecule has 0 spiro atoms. The lowest BCUT2D eigenvalue weighted by Gasteiger charge is -2.06.